The van der Waals surface area contributed by atoms with Crippen molar-refractivity contribution < 1.29 is 19.0 Å². The summed E-state index contributed by atoms with van der Waals surface area (Å²) in [6.07, 6.45) is 2.61. The van der Waals surface area contributed by atoms with E-state index < -0.39 is 0 Å². The highest BCUT2D eigenvalue weighted by atomic mass is 16.5. The zero-order valence-electron chi connectivity index (χ0n) is 16.5. The summed E-state index contributed by atoms with van der Waals surface area (Å²) >= 11 is 0. The van der Waals surface area contributed by atoms with Crippen LogP contribution in [0.15, 0.2) is 30.5 Å². The lowest BCUT2D eigenvalue weighted by Gasteiger charge is -2.14. The van der Waals surface area contributed by atoms with Gasteiger partial charge in [-0.1, -0.05) is 13.8 Å². The maximum Gasteiger partial charge on any atom is 0.257 e. The van der Waals surface area contributed by atoms with Crippen LogP contribution in [0.1, 0.15) is 30.6 Å². The Balaban J connectivity index is 2.08. The van der Waals surface area contributed by atoms with E-state index in [-0.39, 0.29) is 5.91 Å². The number of amides is 1. The van der Waals surface area contributed by atoms with Crippen molar-refractivity contribution in [1.82, 2.24) is 4.98 Å². The summed E-state index contributed by atoms with van der Waals surface area (Å²) in [6.45, 7) is 5.19. The number of hydrogen-bond donors (Lipinski definition) is 2. The van der Waals surface area contributed by atoms with Crippen molar-refractivity contribution in [1.29, 1.82) is 0 Å². The molecule has 0 spiro atoms. The third kappa shape index (κ3) is 5.51. The van der Waals surface area contributed by atoms with Crippen LogP contribution >= 0.6 is 0 Å². The first-order valence-corrected chi connectivity index (χ1v) is 8.79. The van der Waals surface area contributed by atoms with E-state index in [0.717, 1.165) is 18.8 Å². The maximum absolute atomic E-state index is 12.5. The number of aromatic nitrogens is 1. The number of benzene rings is 1. The summed E-state index contributed by atoms with van der Waals surface area (Å²) in [5.74, 6) is 2.51. The van der Waals surface area contributed by atoms with Crippen LogP contribution < -0.4 is 24.8 Å². The van der Waals surface area contributed by atoms with Crippen LogP contribution in [-0.2, 0) is 0 Å². The van der Waals surface area contributed by atoms with E-state index in [1.54, 1.807) is 30.5 Å². The minimum Gasteiger partial charge on any atom is -0.493 e. The molecule has 0 aliphatic heterocycles. The van der Waals surface area contributed by atoms with Crippen molar-refractivity contribution in [2.24, 2.45) is 5.92 Å². The molecule has 2 aromatic rings. The van der Waals surface area contributed by atoms with Crippen LogP contribution in [0.2, 0.25) is 0 Å². The molecule has 0 saturated heterocycles. The Morgan fingerprint density at radius 3 is 2.22 bits per heavy atom. The van der Waals surface area contributed by atoms with Crippen molar-refractivity contribution >= 4 is 17.4 Å². The van der Waals surface area contributed by atoms with E-state index in [0.29, 0.717) is 34.4 Å². The lowest BCUT2D eigenvalue weighted by atomic mass is 10.1. The quantitative estimate of drug-likeness (QED) is 0.695. The zero-order chi connectivity index (χ0) is 19.8. The van der Waals surface area contributed by atoms with Gasteiger partial charge < -0.3 is 24.8 Å². The number of carbonyl (C=O) groups excluding carboxylic acids is 1. The minimum absolute atomic E-state index is 0.273. The van der Waals surface area contributed by atoms with Gasteiger partial charge in [-0.15, -0.1) is 0 Å². The number of hydrogen-bond acceptors (Lipinski definition) is 6. The number of nitrogens with zero attached hydrogens (tertiary/aromatic N) is 1. The standard InChI is InChI=1S/C20H27N3O4/c1-13(2)8-9-21-18-7-6-14(12-22-18)20(24)23-15-10-16(25-3)19(27-5)17(11-15)26-4/h6-7,10-13H,8-9H2,1-5H3,(H,21,22)(H,23,24). The number of pyridine rings is 1. The molecule has 1 amide bonds. The van der Waals surface area contributed by atoms with Crippen LogP contribution in [0.3, 0.4) is 0 Å². The second-order valence-electron chi connectivity index (χ2n) is 6.41. The van der Waals surface area contributed by atoms with Crippen LogP contribution in [0, 0.1) is 5.92 Å². The average molecular weight is 373 g/mol. The molecule has 1 heterocycles. The minimum atomic E-state index is -0.273. The summed E-state index contributed by atoms with van der Waals surface area (Å²) in [5, 5.41) is 6.07. The molecular formula is C20H27N3O4. The Bertz CT molecular complexity index is 735. The molecule has 2 rings (SSSR count). The van der Waals surface area contributed by atoms with Crippen LogP contribution in [0.25, 0.3) is 0 Å². The summed E-state index contributed by atoms with van der Waals surface area (Å²) in [4.78, 5) is 16.8. The fraction of sp³-hybridized carbons (Fsp3) is 0.400. The Labute approximate surface area is 160 Å². The Kier molecular flexibility index (Phi) is 7.28. The smallest absolute Gasteiger partial charge is 0.257 e. The molecule has 0 saturated carbocycles. The van der Waals surface area contributed by atoms with Crippen molar-refractivity contribution in [3.63, 3.8) is 0 Å². The van der Waals surface area contributed by atoms with Gasteiger partial charge in [-0.25, -0.2) is 4.98 Å². The molecule has 0 bridgehead atoms. The number of ether oxygens (including phenoxy) is 3. The van der Waals surface area contributed by atoms with Gasteiger partial charge in [0.05, 0.1) is 26.9 Å². The van der Waals surface area contributed by atoms with Gasteiger partial charge in [-0.05, 0) is 24.5 Å². The molecule has 7 heteroatoms. The molecule has 2 N–H and O–H groups in total. The monoisotopic (exact) mass is 373 g/mol. The van der Waals surface area contributed by atoms with Gasteiger partial charge in [-0.2, -0.15) is 0 Å². The molecule has 0 aliphatic rings. The predicted octanol–water partition coefficient (Wildman–Crippen LogP) is 3.82. The molecule has 0 radical (unpaired) electrons. The first kappa shape index (κ1) is 20.4. The van der Waals surface area contributed by atoms with Gasteiger partial charge in [-0.3, -0.25) is 4.79 Å². The third-order valence-electron chi connectivity index (χ3n) is 3.98. The lowest BCUT2D eigenvalue weighted by molar-refractivity contribution is 0.102. The summed E-state index contributed by atoms with van der Waals surface area (Å²) in [7, 11) is 4.58. The topological polar surface area (TPSA) is 81.7 Å². The first-order valence-electron chi connectivity index (χ1n) is 8.79. The number of anilines is 2. The highest BCUT2D eigenvalue weighted by molar-refractivity contribution is 6.04. The number of rotatable bonds is 9. The van der Waals surface area contributed by atoms with Crippen molar-refractivity contribution in [2.75, 3.05) is 38.5 Å². The van der Waals surface area contributed by atoms with Gasteiger partial charge in [0.25, 0.3) is 5.91 Å². The molecule has 0 aliphatic carbocycles. The van der Waals surface area contributed by atoms with Crippen molar-refractivity contribution in [3.05, 3.63) is 36.0 Å². The number of carbonyl (C=O) groups is 1. The van der Waals surface area contributed by atoms with Crippen molar-refractivity contribution in [2.45, 2.75) is 20.3 Å². The Morgan fingerprint density at radius 1 is 1.07 bits per heavy atom. The maximum atomic E-state index is 12.5. The van der Waals surface area contributed by atoms with Gasteiger partial charge in [0, 0.05) is 30.6 Å². The molecule has 27 heavy (non-hydrogen) atoms. The fourth-order valence-corrected chi connectivity index (χ4v) is 2.48. The highest BCUT2D eigenvalue weighted by Gasteiger charge is 2.15. The molecule has 1 aromatic heterocycles. The third-order valence-corrected chi connectivity index (χ3v) is 3.98. The molecule has 146 valence electrons. The van der Waals surface area contributed by atoms with E-state index >= 15 is 0 Å². The fourth-order valence-electron chi connectivity index (χ4n) is 2.48. The first-order chi connectivity index (χ1) is 13.0. The molecule has 0 unspecified atom stereocenters. The van der Waals surface area contributed by atoms with E-state index in [1.807, 2.05) is 0 Å². The van der Waals surface area contributed by atoms with Crippen LogP contribution in [0.5, 0.6) is 17.2 Å². The van der Waals surface area contributed by atoms with Gasteiger partial charge >= 0.3 is 0 Å². The SMILES string of the molecule is COc1cc(NC(=O)c2ccc(NCCC(C)C)nc2)cc(OC)c1OC. The van der Waals surface area contributed by atoms with E-state index in [2.05, 4.69) is 29.5 Å². The van der Waals surface area contributed by atoms with Gasteiger partial charge in [0.2, 0.25) is 5.75 Å². The molecule has 0 atom stereocenters. The van der Waals surface area contributed by atoms with Crippen molar-refractivity contribution in [3.8, 4) is 17.2 Å². The molecule has 1 aromatic carbocycles. The normalized spacial score (nSPS) is 10.4. The van der Waals surface area contributed by atoms with E-state index in [4.69, 9.17) is 14.2 Å². The molecule has 0 fully saturated rings. The Morgan fingerprint density at radius 2 is 1.74 bits per heavy atom. The van der Waals surface area contributed by atoms with E-state index in [9.17, 15) is 4.79 Å². The second kappa shape index (κ2) is 9.66. The lowest BCUT2D eigenvalue weighted by Crippen LogP contribution is -2.13. The summed E-state index contributed by atoms with van der Waals surface area (Å²) in [6, 6.07) is 6.88. The molecule has 7 nitrogen and oxygen atoms in total. The number of methoxy groups -OCH3 is 3. The second-order valence-corrected chi connectivity index (χ2v) is 6.41. The summed E-state index contributed by atoms with van der Waals surface area (Å²) < 4.78 is 15.9. The van der Waals surface area contributed by atoms with Gasteiger partial charge in [0.15, 0.2) is 11.5 Å². The van der Waals surface area contributed by atoms with Gasteiger partial charge in [0.1, 0.15) is 5.82 Å². The number of nitrogens with one attached hydrogen (secondary N) is 2. The Hall–Kier alpha value is -2.96. The molecular weight excluding hydrogens is 346 g/mol. The largest absolute Gasteiger partial charge is 0.493 e. The van der Waals surface area contributed by atoms with E-state index in [1.165, 1.54) is 21.3 Å². The average Bonchev–Trinajstić information content (AvgIpc) is 2.67. The zero-order valence-corrected chi connectivity index (χ0v) is 16.5. The highest BCUT2D eigenvalue weighted by Crippen LogP contribution is 2.40. The predicted molar refractivity (Wildman–Crippen MR) is 106 cm³/mol. The summed E-state index contributed by atoms with van der Waals surface area (Å²) in [5.41, 5.74) is 0.992. The van der Waals surface area contributed by atoms with Crippen LogP contribution in [-0.4, -0.2) is 38.8 Å². The van der Waals surface area contributed by atoms with Crippen LogP contribution in [0.4, 0.5) is 11.5 Å².